The van der Waals surface area contributed by atoms with Crippen molar-refractivity contribution in [3.8, 4) is 0 Å². The third-order valence-electron chi connectivity index (χ3n) is 4.42. The van der Waals surface area contributed by atoms with Gasteiger partial charge in [0.1, 0.15) is 0 Å². The maximum absolute atomic E-state index is 3.57. The third-order valence-corrected chi connectivity index (χ3v) is 5.82. The molecule has 3 aromatic carbocycles. The first-order valence-electron chi connectivity index (χ1n) is 9.39. The SMILES string of the molecule is c1ccc(CCNCCCSC(c2ccccc2)c2ccccc2)cc1. The van der Waals surface area contributed by atoms with Crippen LogP contribution >= 0.6 is 11.8 Å². The summed E-state index contributed by atoms with van der Waals surface area (Å²) in [4.78, 5) is 0. The lowest BCUT2D eigenvalue weighted by molar-refractivity contribution is 0.674. The number of nitrogens with one attached hydrogen (secondary N) is 1. The summed E-state index contributed by atoms with van der Waals surface area (Å²) in [5, 5.41) is 3.99. The Kier molecular flexibility index (Phi) is 7.82. The van der Waals surface area contributed by atoms with Crippen LogP contribution in [0.15, 0.2) is 91.0 Å². The predicted molar refractivity (Wildman–Crippen MR) is 115 cm³/mol. The first-order chi connectivity index (χ1) is 12.9. The normalized spacial score (nSPS) is 11.0. The summed E-state index contributed by atoms with van der Waals surface area (Å²) in [7, 11) is 0. The average Bonchev–Trinajstić information content (AvgIpc) is 2.72. The molecule has 0 radical (unpaired) electrons. The molecular weight excluding hydrogens is 334 g/mol. The molecule has 1 N–H and O–H groups in total. The fourth-order valence-electron chi connectivity index (χ4n) is 3.04. The molecule has 3 rings (SSSR count). The molecule has 3 aromatic rings. The van der Waals surface area contributed by atoms with E-state index in [4.69, 9.17) is 0 Å². The van der Waals surface area contributed by atoms with Gasteiger partial charge in [0, 0.05) is 0 Å². The molecule has 0 bridgehead atoms. The topological polar surface area (TPSA) is 12.0 Å². The number of benzene rings is 3. The second kappa shape index (κ2) is 10.8. The van der Waals surface area contributed by atoms with Crippen LogP contribution in [0.4, 0.5) is 0 Å². The van der Waals surface area contributed by atoms with Gasteiger partial charge >= 0.3 is 0 Å². The summed E-state index contributed by atoms with van der Waals surface area (Å²) < 4.78 is 0. The summed E-state index contributed by atoms with van der Waals surface area (Å²) in [5.41, 5.74) is 4.18. The molecular formula is C24H27NS. The highest BCUT2D eigenvalue weighted by molar-refractivity contribution is 7.99. The van der Waals surface area contributed by atoms with Crippen LogP contribution in [-0.4, -0.2) is 18.8 Å². The molecule has 0 aliphatic heterocycles. The standard InChI is InChI=1S/C24H27NS/c1-4-11-21(12-5-1)17-19-25-18-10-20-26-24(22-13-6-2-7-14-22)23-15-8-3-9-16-23/h1-9,11-16,24-25H,10,17-20H2. The van der Waals surface area contributed by atoms with Crippen molar-refractivity contribution in [2.75, 3.05) is 18.8 Å². The molecule has 0 amide bonds. The molecule has 0 saturated heterocycles. The predicted octanol–water partition coefficient (Wildman–Crippen LogP) is 5.73. The van der Waals surface area contributed by atoms with E-state index in [1.54, 1.807) is 0 Å². The maximum Gasteiger partial charge on any atom is 0.0546 e. The van der Waals surface area contributed by atoms with Gasteiger partial charge in [0.15, 0.2) is 0 Å². The minimum absolute atomic E-state index is 0.418. The van der Waals surface area contributed by atoms with Gasteiger partial charge in [0.25, 0.3) is 0 Å². The molecule has 0 saturated carbocycles. The zero-order chi connectivity index (χ0) is 17.9. The Morgan fingerprint density at radius 1 is 0.654 bits per heavy atom. The van der Waals surface area contributed by atoms with Gasteiger partial charge in [0.05, 0.1) is 5.25 Å². The molecule has 0 aliphatic rings. The van der Waals surface area contributed by atoms with Gasteiger partial charge in [-0.1, -0.05) is 91.0 Å². The van der Waals surface area contributed by atoms with Crippen LogP contribution in [0.25, 0.3) is 0 Å². The fraction of sp³-hybridized carbons (Fsp3) is 0.250. The molecule has 0 aromatic heterocycles. The van der Waals surface area contributed by atoms with Gasteiger partial charge in [-0.25, -0.2) is 0 Å². The molecule has 0 aliphatic carbocycles. The van der Waals surface area contributed by atoms with Crippen LogP contribution in [0.2, 0.25) is 0 Å². The number of hydrogen-bond donors (Lipinski definition) is 1. The average molecular weight is 362 g/mol. The molecule has 0 fully saturated rings. The van der Waals surface area contributed by atoms with Crippen LogP contribution in [-0.2, 0) is 6.42 Å². The first kappa shape index (κ1) is 18.8. The second-order valence-corrected chi connectivity index (χ2v) is 7.62. The molecule has 0 unspecified atom stereocenters. The summed E-state index contributed by atoms with van der Waals surface area (Å²) >= 11 is 2.04. The Hall–Kier alpha value is -2.03. The quantitative estimate of drug-likeness (QED) is 0.463. The summed E-state index contributed by atoms with van der Waals surface area (Å²) in [6, 6.07) is 32.4. The molecule has 0 heterocycles. The van der Waals surface area contributed by atoms with E-state index in [2.05, 4.69) is 96.3 Å². The maximum atomic E-state index is 3.57. The zero-order valence-corrected chi connectivity index (χ0v) is 16.0. The summed E-state index contributed by atoms with van der Waals surface area (Å²) in [6.45, 7) is 2.13. The molecule has 0 atom stereocenters. The Bertz CT molecular complexity index is 688. The lowest BCUT2D eigenvalue weighted by Crippen LogP contribution is -2.19. The fourth-order valence-corrected chi connectivity index (χ4v) is 4.29. The van der Waals surface area contributed by atoms with E-state index in [9.17, 15) is 0 Å². The highest BCUT2D eigenvalue weighted by atomic mass is 32.2. The van der Waals surface area contributed by atoms with Crippen molar-refractivity contribution >= 4 is 11.8 Å². The van der Waals surface area contributed by atoms with E-state index in [1.807, 2.05) is 11.8 Å². The van der Waals surface area contributed by atoms with Gasteiger partial charge in [-0.3, -0.25) is 0 Å². The monoisotopic (exact) mass is 361 g/mol. The van der Waals surface area contributed by atoms with Gasteiger partial charge in [-0.15, -0.1) is 11.8 Å². The largest absolute Gasteiger partial charge is 0.316 e. The van der Waals surface area contributed by atoms with Crippen molar-refractivity contribution in [3.05, 3.63) is 108 Å². The van der Waals surface area contributed by atoms with Crippen molar-refractivity contribution in [2.24, 2.45) is 0 Å². The number of hydrogen-bond acceptors (Lipinski definition) is 2. The first-order valence-corrected chi connectivity index (χ1v) is 10.4. The van der Waals surface area contributed by atoms with Gasteiger partial charge in [0.2, 0.25) is 0 Å². The zero-order valence-electron chi connectivity index (χ0n) is 15.2. The smallest absolute Gasteiger partial charge is 0.0546 e. The lowest BCUT2D eigenvalue weighted by atomic mass is 10.0. The molecule has 2 heteroatoms. The number of thioether (sulfide) groups is 1. The molecule has 134 valence electrons. The highest BCUT2D eigenvalue weighted by Gasteiger charge is 2.13. The Balaban J connectivity index is 1.42. The summed E-state index contributed by atoms with van der Waals surface area (Å²) in [5.74, 6) is 1.16. The van der Waals surface area contributed by atoms with Crippen LogP contribution in [0.1, 0.15) is 28.4 Å². The molecule has 26 heavy (non-hydrogen) atoms. The van der Waals surface area contributed by atoms with Gasteiger partial charge < -0.3 is 5.32 Å². The van der Waals surface area contributed by atoms with Crippen LogP contribution in [0.5, 0.6) is 0 Å². The molecule has 0 spiro atoms. The van der Waals surface area contributed by atoms with E-state index in [-0.39, 0.29) is 0 Å². The lowest BCUT2D eigenvalue weighted by Gasteiger charge is -2.18. The van der Waals surface area contributed by atoms with Crippen LogP contribution < -0.4 is 5.32 Å². The second-order valence-electron chi connectivity index (χ2n) is 6.41. The summed E-state index contributed by atoms with van der Waals surface area (Å²) in [6.07, 6.45) is 2.29. The Labute approximate surface area is 161 Å². The minimum Gasteiger partial charge on any atom is -0.316 e. The van der Waals surface area contributed by atoms with Crippen LogP contribution in [0.3, 0.4) is 0 Å². The van der Waals surface area contributed by atoms with E-state index >= 15 is 0 Å². The van der Waals surface area contributed by atoms with E-state index in [0.29, 0.717) is 5.25 Å². The van der Waals surface area contributed by atoms with Crippen molar-refractivity contribution < 1.29 is 0 Å². The Morgan fingerprint density at radius 2 is 1.19 bits per heavy atom. The van der Waals surface area contributed by atoms with Crippen molar-refractivity contribution in [2.45, 2.75) is 18.1 Å². The Morgan fingerprint density at radius 3 is 1.77 bits per heavy atom. The van der Waals surface area contributed by atoms with Crippen molar-refractivity contribution in [3.63, 3.8) is 0 Å². The van der Waals surface area contributed by atoms with Crippen LogP contribution in [0, 0.1) is 0 Å². The molecule has 1 nitrogen and oxygen atoms in total. The van der Waals surface area contributed by atoms with Crippen molar-refractivity contribution in [1.82, 2.24) is 5.32 Å². The van der Waals surface area contributed by atoms with Crippen molar-refractivity contribution in [1.29, 1.82) is 0 Å². The van der Waals surface area contributed by atoms with Gasteiger partial charge in [-0.2, -0.15) is 0 Å². The van der Waals surface area contributed by atoms with E-state index in [1.165, 1.54) is 23.1 Å². The number of rotatable bonds is 10. The van der Waals surface area contributed by atoms with E-state index in [0.717, 1.165) is 25.3 Å². The third kappa shape index (κ3) is 6.05. The van der Waals surface area contributed by atoms with Gasteiger partial charge in [-0.05, 0) is 48.4 Å². The minimum atomic E-state index is 0.418. The van der Waals surface area contributed by atoms with E-state index < -0.39 is 0 Å². The highest BCUT2D eigenvalue weighted by Crippen LogP contribution is 2.35.